The Hall–Kier alpha value is -2.06. The van der Waals surface area contributed by atoms with Gasteiger partial charge in [-0.15, -0.1) is 0 Å². The molecule has 0 aliphatic heterocycles. The van der Waals surface area contributed by atoms with E-state index in [9.17, 15) is 0 Å². The van der Waals surface area contributed by atoms with Gasteiger partial charge in [0, 0.05) is 10.4 Å². The number of oxime groups is 1. The maximum Gasteiger partial charge on any atom is 0.0865 e. The average molecular weight is 284 g/mol. The van der Waals surface area contributed by atoms with Crippen molar-refractivity contribution in [3.8, 4) is 0 Å². The molecule has 2 nitrogen and oxygen atoms in total. The lowest BCUT2D eigenvalue weighted by Crippen LogP contribution is -1.98. The fourth-order valence-corrected chi connectivity index (χ4v) is 2.85. The first kappa shape index (κ1) is 12.9. The van der Waals surface area contributed by atoms with Crippen LogP contribution in [0.15, 0.2) is 53.7 Å². The summed E-state index contributed by atoms with van der Waals surface area (Å²) >= 11 is 6.33. The number of hydrogen-bond donors (Lipinski definition) is 1. The largest absolute Gasteiger partial charge is 0.411 e. The van der Waals surface area contributed by atoms with E-state index in [1.54, 1.807) is 0 Å². The first-order valence-electron chi connectivity index (χ1n) is 6.57. The van der Waals surface area contributed by atoms with Crippen molar-refractivity contribution < 1.29 is 5.21 Å². The van der Waals surface area contributed by atoms with E-state index in [2.05, 4.69) is 17.3 Å². The molecule has 20 heavy (non-hydrogen) atoms. The molecule has 0 saturated carbocycles. The van der Waals surface area contributed by atoms with E-state index in [4.69, 9.17) is 16.8 Å². The van der Waals surface area contributed by atoms with Crippen LogP contribution in [0.25, 0.3) is 21.5 Å². The molecule has 0 aromatic heterocycles. The Morgan fingerprint density at radius 1 is 1.05 bits per heavy atom. The molecular weight excluding hydrogens is 270 g/mol. The van der Waals surface area contributed by atoms with Crippen molar-refractivity contribution in [2.75, 3.05) is 0 Å². The molecule has 0 saturated heterocycles. The number of hydrogen-bond acceptors (Lipinski definition) is 2. The molecule has 0 radical (unpaired) electrons. The summed E-state index contributed by atoms with van der Waals surface area (Å²) in [6, 6.07) is 16.1. The molecule has 0 unspecified atom stereocenters. The lowest BCUT2D eigenvalue weighted by Gasteiger charge is -2.09. The zero-order valence-corrected chi connectivity index (χ0v) is 11.9. The molecule has 0 spiro atoms. The quantitative estimate of drug-likeness (QED) is 0.297. The van der Waals surface area contributed by atoms with Crippen LogP contribution >= 0.6 is 11.6 Å². The normalized spacial score (nSPS) is 12.2. The van der Waals surface area contributed by atoms with Gasteiger partial charge in [-0.05, 0) is 40.3 Å². The van der Waals surface area contributed by atoms with Crippen LogP contribution in [-0.4, -0.2) is 10.9 Å². The highest BCUT2D eigenvalue weighted by molar-refractivity contribution is 6.37. The van der Waals surface area contributed by atoms with Crippen LogP contribution in [0.4, 0.5) is 0 Å². The van der Waals surface area contributed by atoms with E-state index in [0.717, 1.165) is 32.1 Å². The maximum absolute atomic E-state index is 9.08. The first-order chi connectivity index (χ1) is 9.74. The Kier molecular flexibility index (Phi) is 3.33. The number of fused-ring (bicyclic) bond motifs is 3. The third kappa shape index (κ3) is 2.02. The van der Waals surface area contributed by atoms with Crippen LogP contribution in [0.2, 0.25) is 5.02 Å². The third-order valence-corrected chi connectivity index (χ3v) is 3.91. The van der Waals surface area contributed by atoms with Crippen LogP contribution in [0.3, 0.4) is 0 Å². The maximum atomic E-state index is 9.08. The SMILES string of the molecule is CCC(=NO)c1ccc2cc(Cl)c3ccccc3c2c1. The second-order valence-corrected chi connectivity index (χ2v) is 5.15. The van der Waals surface area contributed by atoms with Gasteiger partial charge in [-0.2, -0.15) is 0 Å². The zero-order valence-electron chi connectivity index (χ0n) is 11.1. The Morgan fingerprint density at radius 3 is 2.50 bits per heavy atom. The summed E-state index contributed by atoms with van der Waals surface area (Å²) in [5.41, 5.74) is 1.63. The van der Waals surface area contributed by atoms with Gasteiger partial charge in [0.2, 0.25) is 0 Å². The Labute approximate surface area is 122 Å². The molecule has 0 aliphatic rings. The molecule has 0 atom stereocenters. The van der Waals surface area contributed by atoms with Crippen molar-refractivity contribution in [3.05, 3.63) is 59.1 Å². The van der Waals surface area contributed by atoms with Crippen LogP contribution in [0, 0.1) is 0 Å². The second kappa shape index (κ2) is 5.14. The Morgan fingerprint density at radius 2 is 1.80 bits per heavy atom. The van der Waals surface area contributed by atoms with Crippen molar-refractivity contribution in [2.24, 2.45) is 5.16 Å². The molecular formula is C17H14ClNO. The second-order valence-electron chi connectivity index (χ2n) is 4.74. The van der Waals surface area contributed by atoms with Crippen molar-refractivity contribution in [2.45, 2.75) is 13.3 Å². The minimum Gasteiger partial charge on any atom is -0.411 e. The molecule has 0 amide bonds. The Balaban J connectivity index is 2.38. The van der Waals surface area contributed by atoms with Crippen LogP contribution < -0.4 is 0 Å². The van der Waals surface area contributed by atoms with Gasteiger partial charge in [-0.1, -0.05) is 60.1 Å². The van der Waals surface area contributed by atoms with Gasteiger partial charge in [0.05, 0.1) is 5.71 Å². The minimum absolute atomic E-state index is 0.686. The molecule has 1 N–H and O–H groups in total. The third-order valence-electron chi connectivity index (χ3n) is 3.60. The molecule has 3 rings (SSSR count). The lowest BCUT2D eigenvalue weighted by molar-refractivity contribution is 0.318. The highest BCUT2D eigenvalue weighted by Gasteiger charge is 2.08. The van der Waals surface area contributed by atoms with E-state index >= 15 is 0 Å². The lowest BCUT2D eigenvalue weighted by atomic mass is 9.98. The number of rotatable bonds is 2. The minimum atomic E-state index is 0.686. The summed E-state index contributed by atoms with van der Waals surface area (Å²) in [5.74, 6) is 0. The topological polar surface area (TPSA) is 32.6 Å². The number of benzene rings is 3. The average Bonchev–Trinajstić information content (AvgIpc) is 2.49. The van der Waals surface area contributed by atoms with E-state index in [-0.39, 0.29) is 0 Å². The van der Waals surface area contributed by atoms with Gasteiger partial charge in [0.25, 0.3) is 0 Å². The van der Waals surface area contributed by atoms with E-state index in [0.29, 0.717) is 12.1 Å². The zero-order chi connectivity index (χ0) is 14.1. The number of nitrogens with zero attached hydrogens (tertiary/aromatic N) is 1. The first-order valence-corrected chi connectivity index (χ1v) is 6.94. The standard InChI is InChI=1S/C17H14ClNO/c1-2-17(19-20)12-8-7-11-10-16(18)14-6-4-3-5-13(14)15(11)9-12/h3-10,20H,2H2,1H3. The smallest absolute Gasteiger partial charge is 0.0865 e. The summed E-state index contributed by atoms with van der Waals surface area (Å²) in [7, 11) is 0. The van der Waals surface area contributed by atoms with Gasteiger partial charge < -0.3 is 5.21 Å². The van der Waals surface area contributed by atoms with Gasteiger partial charge in [0.15, 0.2) is 0 Å². The molecule has 0 heterocycles. The highest BCUT2D eigenvalue weighted by atomic mass is 35.5. The monoisotopic (exact) mass is 283 g/mol. The fourth-order valence-electron chi connectivity index (χ4n) is 2.57. The van der Waals surface area contributed by atoms with Crippen molar-refractivity contribution in [1.29, 1.82) is 0 Å². The Bertz CT molecular complexity index is 824. The predicted molar refractivity (Wildman–Crippen MR) is 85.1 cm³/mol. The summed E-state index contributed by atoms with van der Waals surface area (Å²) in [4.78, 5) is 0. The van der Waals surface area contributed by atoms with Crippen LogP contribution in [0.5, 0.6) is 0 Å². The summed E-state index contributed by atoms with van der Waals surface area (Å²) in [5, 5.41) is 17.6. The highest BCUT2D eigenvalue weighted by Crippen LogP contribution is 2.32. The van der Waals surface area contributed by atoms with E-state index in [1.807, 2.05) is 43.3 Å². The summed E-state index contributed by atoms with van der Waals surface area (Å²) in [6.45, 7) is 1.97. The van der Waals surface area contributed by atoms with Gasteiger partial charge in [-0.3, -0.25) is 0 Å². The van der Waals surface area contributed by atoms with E-state index in [1.165, 1.54) is 0 Å². The van der Waals surface area contributed by atoms with Crippen LogP contribution in [-0.2, 0) is 0 Å². The summed E-state index contributed by atoms with van der Waals surface area (Å²) in [6.07, 6.45) is 0.688. The van der Waals surface area contributed by atoms with Crippen LogP contribution in [0.1, 0.15) is 18.9 Å². The van der Waals surface area contributed by atoms with Gasteiger partial charge in [0.1, 0.15) is 0 Å². The molecule has 3 aromatic rings. The van der Waals surface area contributed by atoms with Crippen molar-refractivity contribution in [3.63, 3.8) is 0 Å². The number of halogens is 1. The molecule has 0 aliphatic carbocycles. The predicted octanol–water partition coefficient (Wildman–Crippen LogP) is 5.23. The molecule has 100 valence electrons. The molecule has 3 aromatic carbocycles. The fraction of sp³-hybridized carbons (Fsp3) is 0.118. The molecule has 0 fully saturated rings. The van der Waals surface area contributed by atoms with E-state index < -0.39 is 0 Å². The molecule has 3 heteroatoms. The van der Waals surface area contributed by atoms with Crippen molar-refractivity contribution in [1.82, 2.24) is 0 Å². The summed E-state index contributed by atoms with van der Waals surface area (Å²) < 4.78 is 0. The molecule has 0 bridgehead atoms. The van der Waals surface area contributed by atoms with Gasteiger partial charge in [-0.25, -0.2) is 0 Å². The van der Waals surface area contributed by atoms with Crippen molar-refractivity contribution >= 4 is 38.9 Å². The van der Waals surface area contributed by atoms with Gasteiger partial charge >= 0.3 is 0 Å².